The van der Waals surface area contributed by atoms with Crippen molar-refractivity contribution in [3.8, 4) is 0 Å². The van der Waals surface area contributed by atoms with Crippen LogP contribution in [0.1, 0.15) is 25.3 Å². The maximum absolute atomic E-state index is 12.2. The summed E-state index contributed by atoms with van der Waals surface area (Å²) >= 11 is 0. The zero-order valence-electron chi connectivity index (χ0n) is 17.2. The van der Waals surface area contributed by atoms with E-state index < -0.39 is 0 Å². The van der Waals surface area contributed by atoms with E-state index in [0.717, 1.165) is 25.8 Å². The van der Waals surface area contributed by atoms with E-state index in [4.69, 9.17) is 4.74 Å². The maximum Gasteiger partial charge on any atom is 0.310 e. The lowest BCUT2D eigenvalue weighted by atomic mass is 9.98. The molecule has 0 aromatic heterocycles. The van der Waals surface area contributed by atoms with Gasteiger partial charge >= 0.3 is 5.97 Å². The van der Waals surface area contributed by atoms with E-state index in [-0.39, 0.29) is 24.3 Å². The Labute approximate surface area is 167 Å². The third-order valence-electron chi connectivity index (χ3n) is 4.74. The molecule has 1 aliphatic heterocycles. The highest BCUT2D eigenvalue weighted by Crippen LogP contribution is 2.18. The Hall–Kier alpha value is -2.57. The van der Waals surface area contributed by atoms with Crippen LogP contribution in [0.2, 0.25) is 0 Å². The molecule has 1 fully saturated rings. The first-order valence-electron chi connectivity index (χ1n) is 9.95. The standard InChI is InChI=1S/C21H32N4O3/c1-4-28-20(27)18-11-8-14-25(16-18)21(23-15-19(26)24(2)3)22-13-12-17-9-6-5-7-10-17/h5-7,9-10,18H,4,8,11-16H2,1-3H3,(H,22,23). The summed E-state index contributed by atoms with van der Waals surface area (Å²) in [6.45, 7) is 4.38. The summed E-state index contributed by atoms with van der Waals surface area (Å²) < 4.78 is 5.19. The molecule has 0 bridgehead atoms. The Balaban J connectivity index is 2.02. The third-order valence-corrected chi connectivity index (χ3v) is 4.74. The highest BCUT2D eigenvalue weighted by atomic mass is 16.5. The third kappa shape index (κ3) is 6.87. The molecule has 1 heterocycles. The first kappa shape index (κ1) is 21.7. The van der Waals surface area contributed by atoms with Crippen LogP contribution >= 0.6 is 0 Å². The van der Waals surface area contributed by atoms with Crippen molar-refractivity contribution >= 4 is 17.8 Å². The lowest BCUT2D eigenvalue weighted by molar-refractivity contribution is -0.149. The Morgan fingerprint density at radius 3 is 2.71 bits per heavy atom. The number of aliphatic imine (C=N–C) groups is 1. The smallest absolute Gasteiger partial charge is 0.310 e. The molecule has 0 spiro atoms. The van der Waals surface area contributed by atoms with Crippen LogP contribution in [-0.2, 0) is 20.7 Å². The number of benzene rings is 1. The molecule has 1 saturated heterocycles. The number of carbonyl (C=O) groups is 2. The van der Waals surface area contributed by atoms with Gasteiger partial charge in [-0.15, -0.1) is 0 Å². The van der Waals surface area contributed by atoms with Gasteiger partial charge in [-0.05, 0) is 31.7 Å². The second kappa shape index (κ2) is 11.3. The number of nitrogens with zero attached hydrogens (tertiary/aromatic N) is 3. The van der Waals surface area contributed by atoms with Crippen molar-refractivity contribution in [2.24, 2.45) is 10.9 Å². The SMILES string of the molecule is CCOC(=O)C1CCCN(C(=NCC(=O)N(C)C)NCCc2ccccc2)C1. The van der Waals surface area contributed by atoms with E-state index in [2.05, 4.69) is 27.3 Å². The lowest BCUT2D eigenvalue weighted by Gasteiger charge is -2.34. The fraction of sp³-hybridized carbons (Fsp3) is 0.571. The number of hydrogen-bond donors (Lipinski definition) is 1. The molecule has 0 aliphatic carbocycles. The van der Waals surface area contributed by atoms with Gasteiger partial charge in [-0.2, -0.15) is 0 Å². The largest absolute Gasteiger partial charge is 0.466 e. The minimum Gasteiger partial charge on any atom is -0.466 e. The predicted molar refractivity (Wildman–Crippen MR) is 110 cm³/mol. The van der Waals surface area contributed by atoms with Crippen molar-refractivity contribution in [1.29, 1.82) is 0 Å². The van der Waals surface area contributed by atoms with Crippen molar-refractivity contribution in [3.63, 3.8) is 0 Å². The van der Waals surface area contributed by atoms with Gasteiger partial charge in [0, 0.05) is 33.7 Å². The molecule has 2 rings (SSSR count). The molecule has 154 valence electrons. The van der Waals surface area contributed by atoms with Crippen LogP contribution in [-0.4, -0.2) is 74.5 Å². The van der Waals surface area contributed by atoms with E-state index in [1.54, 1.807) is 14.1 Å². The van der Waals surface area contributed by atoms with Crippen LogP contribution < -0.4 is 5.32 Å². The molecule has 1 atom stereocenters. The number of hydrogen-bond acceptors (Lipinski definition) is 4. The predicted octanol–water partition coefficient (Wildman–Crippen LogP) is 1.54. The molecule has 1 N–H and O–H groups in total. The zero-order valence-corrected chi connectivity index (χ0v) is 17.2. The van der Waals surface area contributed by atoms with E-state index in [1.807, 2.05) is 25.1 Å². The number of esters is 1. The first-order valence-corrected chi connectivity index (χ1v) is 9.95. The molecule has 1 amide bonds. The van der Waals surface area contributed by atoms with Crippen LogP contribution in [0.15, 0.2) is 35.3 Å². The molecule has 0 saturated carbocycles. The summed E-state index contributed by atoms with van der Waals surface area (Å²) in [5, 5.41) is 3.38. The molecule has 1 aromatic rings. The molecular weight excluding hydrogens is 356 g/mol. The number of amides is 1. The summed E-state index contributed by atoms with van der Waals surface area (Å²) in [4.78, 5) is 32.3. The number of nitrogens with one attached hydrogen (secondary N) is 1. The first-order chi connectivity index (χ1) is 13.5. The number of likely N-dealkylation sites (tertiary alicyclic amines) is 1. The van der Waals surface area contributed by atoms with Crippen molar-refractivity contribution in [2.75, 3.05) is 46.9 Å². The molecule has 28 heavy (non-hydrogen) atoms. The number of carbonyl (C=O) groups excluding carboxylic acids is 2. The number of ether oxygens (including phenoxy) is 1. The van der Waals surface area contributed by atoms with E-state index in [1.165, 1.54) is 10.5 Å². The van der Waals surface area contributed by atoms with Gasteiger partial charge < -0.3 is 19.9 Å². The van der Waals surface area contributed by atoms with Crippen LogP contribution in [0, 0.1) is 5.92 Å². The second-order valence-electron chi connectivity index (χ2n) is 7.13. The van der Waals surface area contributed by atoms with Gasteiger partial charge in [0.2, 0.25) is 5.91 Å². The number of likely N-dealkylation sites (N-methyl/N-ethyl adjacent to an activating group) is 1. The van der Waals surface area contributed by atoms with Gasteiger partial charge in [0.15, 0.2) is 5.96 Å². The van der Waals surface area contributed by atoms with Gasteiger partial charge in [-0.1, -0.05) is 30.3 Å². The summed E-state index contributed by atoms with van der Waals surface area (Å²) in [5.41, 5.74) is 1.24. The van der Waals surface area contributed by atoms with Gasteiger partial charge in [-0.3, -0.25) is 9.59 Å². The van der Waals surface area contributed by atoms with Crippen molar-refractivity contribution in [3.05, 3.63) is 35.9 Å². The summed E-state index contributed by atoms with van der Waals surface area (Å²) in [5.74, 6) is 0.320. The molecule has 7 heteroatoms. The van der Waals surface area contributed by atoms with E-state index in [0.29, 0.717) is 25.7 Å². The lowest BCUT2D eigenvalue weighted by Crippen LogP contribution is -2.49. The average Bonchev–Trinajstić information content (AvgIpc) is 2.71. The topological polar surface area (TPSA) is 74.2 Å². The van der Waals surface area contributed by atoms with E-state index >= 15 is 0 Å². The molecule has 1 unspecified atom stereocenters. The van der Waals surface area contributed by atoms with Crippen LogP contribution in [0.4, 0.5) is 0 Å². The Morgan fingerprint density at radius 2 is 2.04 bits per heavy atom. The molecule has 1 aliphatic rings. The van der Waals surface area contributed by atoms with Crippen molar-refractivity contribution < 1.29 is 14.3 Å². The number of piperidine rings is 1. The van der Waals surface area contributed by atoms with Crippen molar-refractivity contribution in [2.45, 2.75) is 26.2 Å². The average molecular weight is 389 g/mol. The van der Waals surface area contributed by atoms with Gasteiger partial charge in [-0.25, -0.2) is 4.99 Å². The van der Waals surface area contributed by atoms with Gasteiger partial charge in [0.25, 0.3) is 0 Å². The number of rotatable bonds is 7. The monoisotopic (exact) mass is 388 g/mol. The zero-order chi connectivity index (χ0) is 20.4. The van der Waals surface area contributed by atoms with Gasteiger partial charge in [0.05, 0.1) is 12.5 Å². The molecule has 1 aromatic carbocycles. The Bertz CT molecular complexity index is 661. The summed E-state index contributed by atoms with van der Waals surface area (Å²) in [7, 11) is 3.44. The summed E-state index contributed by atoms with van der Waals surface area (Å²) in [6.07, 6.45) is 2.57. The van der Waals surface area contributed by atoms with Crippen LogP contribution in [0.3, 0.4) is 0 Å². The molecular formula is C21H32N4O3. The normalized spacial score (nSPS) is 17.2. The van der Waals surface area contributed by atoms with Crippen LogP contribution in [0.5, 0.6) is 0 Å². The fourth-order valence-electron chi connectivity index (χ4n) is 3.14. The summed E-state index contributed by atoms with van der Waals surface area (Å²) in [6, 6.07) is 10.2. The van der Waals surface area contributed by atoms with E-state index in [9.17, 15) is 9.59 Å². The highest BCUT2D eigenvalue weighted by Gasteiger charge is 2.28. The minimum absolute atomic E-state index is 0.0543. The quantitative estimate of drug-likeness (QED) is 0.436. The fourth-order valence-corrected chi connectivity index (χ4v) is 3.14. The minimum atomic E-state index is -0.153. The maximum atomic E-state index is 12.2. The Morgan fingerprint density at radius 1 is 1.29 bits per heavy atom. The Kier molecular flexibility index (Phi) is 8.78. The molecule has 0 radical (unpaired) electrons. The van der Waals surface area contributed by atoms with Crippen molar-refractivity contribution in [1.82, 2.24) is 15.1 Å². The molecule has 7 nitrogen and oxygen atoms in total. The second-order valence-corrected chi connectivity index (χ2v) is 7.13. The van der Waals surface area contributed by atoms with Gasteiger partial charge in [0.1, 0.15) is 6.54 Å². The number of guanidine groups is 1. The highest BCUT2D eigenvalue weighted by molar-refractivity contribution is 5.85. The van der Waals surface area contributed by atoms with Crippen LogP contribution in [0.25, 0.3) is 0 Å².